The number of carboxylic acids is 1. The minimum atomic E-state index is -0.847. The predicted octanol–water partition coefficient (Wildman–Crippen LogP) is 2.37. The molecule has 1 saturated carbocycles. The standard InChI is InChI=1S/C14H26N2O3/c1-4-14(5-2,12(17)18)9-15-13(19)16-11-7-6-10(3)8-11/h10-11H,4-9H2,1-3H3,(H,17,18)(H2,15,16,19). The van der Waals surface area contributed by atoms with E-state index in [1.807, 2.05) is 13.8 Å². The Hall–Kier alpha value is -1.26. The highest BCUT2D eigenvalue weighted by molar-refractivity contribution is 5.78. The van der Waals surface area contributed by atoms with Crippen LogP contribution in [0.4, 0.5) is 4.79 Å². The summed E-state index contributed by atoms with van der Waals surface area (Å²) >= 11 is 0. The molecule has 0 spiro atoms. The van der Waals surface area contributed by atoms with Crippen molar-refractivity contribution in [3.63, 3.8) is 0 Å². The summed E-state index contributed by atoms with van der Waals surface area (Å²) < 4.78 is 0. The van der Waals surface area contributed by atoms with Gasteiger partial charge in [-0.25, -0.2) is 4.79 Å². The lowest BCUT2D eigenvalue weighted by molar-refractivity contribution is -0.149. The van der Waals surface area contributed by atoms with Crippen molar-refractivity contribution in [3.8, 4) is 0 Å². The van der Waals surface area contributed by atoms with Crippen molar-refractivity contribution >= 4 is 12.0 Å². The quantitative estimate of drug-likeness (QED) is 0.693. The molecule has 0 aliphatic heterocycles. The number of amides is 2. The van der Waals surface area contributed by atoms with Gasteiger partial charge in [0, 0.05) is 12.6 Å². The molecule has 1 aliphatic carbocycles. The fourth-order valence-corrected chi connectivity index (χ4v) is 2.70. The number of nitrogens with one attached hydrogen (secondary N) is 2. The Labute approximate surface area is 115 Å². The van der Waals surface area contributed by atoms with Gasteiger partial charge in [0.2, 0.25) is 0 Å². The molecule has 0 aromatic heterocycles. The van der Waals surface area contributed by atoms with Crippen LogP contribution in [0.25, 0.3) is 0 Å². The van der Waals surface area contributed by atoms with E-state index in [9.17, 15) is 14.7 Å². The molecule has 3 N–H and O–H groups in total. The first-order valence-electron chi connectivity index (χ1n) is 7.21. The highest BCUT2D eigenvalue weighted by Crippen LogP contribution is 2.26. The van der Waals surface area contributed by atoms with Crippen molar-refractivity contribution in [3.05, 3.63) is 0 Å². The smallest absolute Gasteiger partial charge is 0.315 e. The number of urea groups is 1. The number of aliphatic carboxylic acids is 1. The fourth-order valence-electron chi connectivity index (χ4n) is 2.70. The molecule has 0 saturated heterocycles. The number of carbonyl (C=O) groups is 2. The summed E-state index contributed by atoms with van der Waals surface area (Å²) in [5.41, 5.74) is -0.847. The Bertz CT molecular complexity index is 327. The Morgan fingerprint density at radius 1 is 1.26 bits per heavy atom. The molecule has 0 aromatic carbocycles. The average molecular weight is 270 g/mol. The van der Waals surface area contributed by atoms with Gasteiger partial charge in [0.25, 0.3) is 0 Å². The second kappa shape index (κ2) is 6.78. The Balaban J connectivity index is 2.42. The molecule has 0 bridgehead atoms. The molecule has 1 rings (SSSR count). The molecule has 1 fully saturated rings. The molecule has 19 heavy (non-hydrogen) atoms. The van der Waals surface area contributed by atoms with Crippen molar-refractivity contribution in [2.45, 2.75) is 58.9 Å². The Morgan fingerprint density at radius 3 is 2.32 bits per heavy atom. The van der Waals surface area contributed by atoms with Gasteiger partial charge in [-0.2, -0.15) is 0 Å². The molecule has 1 aliphatic rings. The molecule has 2 unspecified atom stereocenters. The number of hydrogen-bond donors (Lipinski definition) is 3. The van der Waals surface area contributed by atoms with Gasteiger partial charge in [-0.1, -0.05) is 20.8 Å². The number of rotatable bonds is 6. The van der Waals surface area contributed by atoms with Gasteiger partial charge in [-0.15, -0.1) is 0 Å². The Kier molecular flexibility index (Phi) is 5.63. The molecule has 2 amide bonds. The third kappa shape index (κ3) is 4.11. The van der Waals surface area contributed by atoms with Crippen molar-refractivity contribution in [2.24, 2.45) is 11.3 Å². The minimum Gasteiger partial charge on any atom is -0.481 e. The van der Waals surface area contributed by atoms with Crippen LogP contribution in [-0.4, -0.2) is 29.7 Å². The van der Waals surface area contributed by atoms with Gasteiger partial charge in [0.15, 0.2) is 0 Å². The van der Waals surface area contributed by atoms with E-state index in [0.717, 1.165) is 19.3 Å². The van der Waals surface area contributed by atoms with Gasteiger partial charge in [-0.05, 0) is 38.0 Å². The monoisotopic (exact) mass is 270 g/mol. The second-order valence-electron chi connectivity index (χ2n) is 5.73. The van der Waals surface area contributed by atoms with Crippen LogP contribution >= 0.6 is 0 Å². The van der Waals surface area contributed by atoms with E-state index in [-0.39, 0.29) is 18.6 Å². The van der Waals surface area contributed by atoms with Crippen LogP contribution in [0.3, 0.4) is 0 Å². The molecular formula is C14H26N2O3. The van der Waals surface area contributed by atoms with Crippen LogP contribution < -0.4 is 10.6 Å². The second-order valence-corrected chi connectivity index (χ2v) is 5.73. The summed E-state index contributed by atoms with van der Waals surface area (Å²) in [7, 11) is 0. The van der Waals surface area contributed by atoms with E-state index < -0.39 is 11.4 Å². The van der Waals surface area contributed by atoms with E-state index in [2.05, 4.69) is 17.6 Å². The molecule has 0 heterocycles. The zero-order valence-electron chi connectivity index (χ0n) is 12.2. The van der Waals surface area contributed by atoms with Gasteiger partial charge < -0.3 is 15.7 Å². The molecule has 110 valence electrons. The van der Waals surface area contributed by atoms with E-state index in [0.29, 0.717) is 18.8 Å². The average Bonchev–Trinajstić information content (AvgIpc) is 2.76. The molecular weight excluding hydrogens is 244 g/mol. The van der Waals surface area contributed by atoms with Crippen LogP contribution in [0.15, 0.2) is 0 Å². The molecule has 5 heteroatoms. The molecule has 2 atom stereocenters. The van der Waals surface area contributed by atoms with Gasteiger partial charge in [0.05, 0.1) is 5.41 Å². The third-order valence-corrected chi connectivity index (χ3v) is 4.42. The number of carboxylic acid groups (broad SMARTS) is 1. The van der Waals surface area contributed by atoms with Crippen molar-refractivity contribution in [1.82, 2.24) is 10.6 Å². The van der Waals surface area contributed by atoms with Crippen LogP contribution in [0, 0.1) is 11.3 Å². The highest BCUT2D eigenvalue weighted by atomic mass is 16.4. The van der Waals surface area contributed by atoms with Crippen molar-refractivity contribution in [2.75, 3.05) is 6.54 Å². The maximum absolute atomic E-state index is 11.8. The zero-order chi connectivity index (χ0) is 14.5. The first-order chi connectivity index (χ1) is 8.93. The van der Waals surface area contributed by atoms with Crippen LogP contribution in [0.1, 0.15) is 52.9 Å². The van der Waals surface area contributed by atoms with Crippen LogP contribution in [0.2, 0.25) is 0 Å². The van der Waals surface area contributed by atoms with Gasteiger partial charge in [0.1, 0.15) is 0 Å². The normalized spacial score (nSPS) is 23.1. The summed E-state index contributed by atoms with van der Waals surface area (Å²) in [6.45, 7) is 6.05. The van der Waals surface area contributed by atoms with E-state index in [1.165, 1.54) is 0 Å². The maximum Gasteiger partial charge on any atom is 0.315 e. The highest BCUT2D eigenvalue weighted by Gasteiger charge is 2.35. The molecule has 5 nitrogen and oxygen atoms in total. The number of carbonyl (C=O) groups excluding carboxylic acids is 1. The lowest BCUT2D eigenvalue weighted by Crippen LogP contribution is -2.47. The van der Waals surface area contributed by atoms with E-state index in [1.54, 1.807) is 0 Å². The fraction of sp³-hybridized carbons (Fsp3) is 0.857. The van der Waals surface area contributed by atoms with Crippen LogP contribution in [0.5, 0.6) is 0 Å². The number of hydrogen-bond acceptors (Lipinski definition) is 2. The topological polar surface area (TPSA) is 78.4 Å². The van der Waals surface area contributed by atoms with E-state index in [4.69, 9.17) is 0 Å². The molecule has 0 aromatic rings. The predicted molar refractivity (Wildman–Crippen MR) is 74.0 cm³/mol. The summed E-state index contributed by atoms with van der Waals surface area (Å²) in [4.78, 5) is 23.1. The summed E-state index contributed by atoms with van der Waals surface area (Å²) in [6, 6.07) is -0.0101. The molecule has 0 radical (unpaired) electrons. The van der Waals surface area contributed by atoms with E-state index >= 15 is 0 Å². The summed E-state index contributed by atoms with van der Waals surface area (Å²) in [6.07, 6.45) is 4.20. The summed E-state index contributed by atoms with van der Waals surface area (Å²) in [5, 5.41) is 14.9. The largest absolute Gasteiger partial charge is 0.481 e. The first-order valence-corrected chi connectivity index (χ1v) is 7.21. The summed E-state index contributed by atoms with van der Waals surface area (Å²) in [5.74, 6) is -0.179. The van der Waals surface area contributed by atoms with Crippen LogP contribution in [-0.2, 0) is 4.79 Å². The van der Waals surface area contributed by atoms with Gasteiger partial charge >= 0.3 is 12.0 Å². The first kappa shape index (κ1) is 15.8. The zero-order valence-corrected chi connectivity index (χ0v) is 12.2. The maximum atomic E-state index is 11.8. The van der Waals surface area contributed by atoms with Crippen molar-refractivity contribution < 1.29 is 14.7 Å². The SMILES string of the molecule is CCC(CC)(CNC(=O)NC1CCC(C)C1)C(=O)O. The van der Waals surface area contributed by atoms with Crippen molar-refractivity contribution in [1.29, 1.82) is 0 Å². The lowest BCUT2D eigenvalue weighted by Gasteiger charge is -2.27. The van der Waals surface area contributed by atoms with Gasteiger partial charge in [-0.3, -0.25) is 4.79 Å². The Morgan fingerprint density at radius 2 is 1.89 bits per heavy atom. The lowest BCUT2D eigenvalue weighted by atomic mass is 9.82. The minimum absolute atomic E-state index is 0.184. The third-order valence-electron chi connectivity index (χ3n) is 4.42.